The molecule has 2 aromatic carbocycles. The van der Waals surface area contributed by atoms with E-state index in [2.05, 4.69) is 0 Å². The van der Waals surface area contributed by atoms with Crippen LogP contribution in [0.15, 0.2) is 53.4 Å². The molecule has 0 aromatic heterocycles. The van der Waals surface area contributed by atoms with Crippen LogP contribution in [0, 0.1) is 0 Å². The van der Waals surface area contributed by atoms with Crippen molar-refractivity contribution >= 4 is 40.6 Å². The standard InChI is InChI=1S/C20H17NO5S/c1-2-14-5-3-4-6-16(14)21-19(24)17(27-20(21)25)11-13-7-9-15(10-8-13)26-12-18(22)23/h3-11H,2,12H2,1H3,(H,22,23)/b17-11+. The van der Waals surface area contributed by atoms with Crippen LogP contribution in [0.25, 0.3) is 6.08 Å². The number of ether oxygens (including phenoxy) is 1. The molecule has 7 heteroatoms. The summed E-state index contributed by atoms with van der Waals surface area (Å²) in [6.07, 6.45) is 2.36. The first-order valence-corrected chi connectivity index (χ1v) is 9.11. The molecule has 1 fully saturated rings. The number of carbonyl (C=O) groups excluding carboxylic acids is 2. The van der Waals surface area contributed by atoms with E-state index in [0.29, 0.717) is 21.9 Å². The Kier molecular flexibility index (Phi) is 5.61. The molecule has 2 amide bonds. The van der Waals surface area contributed by atoms with Crippen molar-refractivity contribution in [3.05, 3.63) is 64.6 Å². The van der Waals surface area contributed by atoms with Crippen LogP contribution in [0.1, 0.15) is 18.1 Å². The number of benzene rings is 2. The number of hydrogen-bond donors (Lipinski definition) is 1. The first kappa shape index (κ1) is 18.7. The van der Waals surface area contributed by atoms with Crippen LogP contribution in [-0.4, -0.2) is 28.8 Å². The van der Waals surface area contributed by atoms with Gasteiger partial charge in [0.1, 0.15) is 5.75 Å². The first-order valence-electron chi connectivity index (χ1n) is 8.30. The number of carboxylic acids is 1. The third-order valence-electron chi connectivity index (χ3n) is 3.95. The molecule has 138 valence electrons. The summed E-state index contributed by atoms with van der Waals surface area (Å²) >= 11 is 0.899. The zero-order chi connectivity index (χ0) is 19.4. The summed E-state index contributed by atoms with van der Waals surface area (Å²) in [6.45, 7) is 1.55. The highest BCUT2D eigenvalue weighted by atomic mass is 32.2. The Hall–Kier alpha value is -3.06. The Morgan fingerprint density at radius 3 is 2.52 bits per heavy atom. The van der Waals surface area contributed by atoms with E-state index >= 15 is 0 Å². The fourth-order valence-electron chi connectivity index (χ4n) is 2.66. The number of carbonyl (C=O) groups is 3. The largest absolute Gasteiger partial charge is 0.482 e. The van der Waals surface area contributed by atoms with Gasteiger partial charge < -0.3 is 9.84 Å². The summed E-state index contributed by atoms with van der Waals surface area (Å²) in [7, 11) is 0. The number of aliphatic carboxylic acids is 1. The number of anilines is 1. The molecular weight excluding hydrogens is 366 g/mol. The smallest absolute Gasteiger partial charge is 0.341 e. The lowest BCUT2D eigenvalue weighted by Crippen LogP contribution is -2.28. The number of thioether (sulfide) groups is 1. The van der Waals surface area contributed by atoms with Gasteiger partial charge in [0.15, 0.2) is 6.61 Å². The maximum absolute atomic E-state index is 12.8. The number of aryl methyl sites for hydroxylation is 1. The predicted octanol–water partition coefficient (Wildman–Crippen LogP) is 3.95. The van der Waals surface area contributed by atoms with Gasteiger partial charge in [-0.3, -0.25) is 9.59 Å². The molecule has 2 aromatic rings. The van der Waals surface area contributed by atoms with Gasteiger partial charge in [-0.1, -0.05) is 37.3 Å². The minimum absolute atomic E-state index is 0.325. The maximum Gasteiger partial charge on any atom is 0.341 e. The van der Waals surface area contributed by atoms with Crippen molar-refractivity contribution in [2.45, 2.75) is 13.3 Å². The summed E-state index contributed by atoms with van der Waals surface area (Å²) in [5.41, 5.74) is 2.26. The fraction of sp³-hybridized carbons (Fsp3) is 0.150. The third-order valence-corrected chi connectivity index (χ3v) is 4.82. The molecule has 6 nitrogen and oxygen atoms in total. The van der Waals surface area contributed by atoms with E-state index in [1.807, 2.05) is 19.1 Å². The van der Waals surface area contributed by atoms with Gasteiger partial charge in [-0.05, 0) is 53.6 Å². The van der Waals surface area contributed by atoms with E-state index in [1.165, 1.54) is 4.90 Å². The molecule has 0 bridgehead atoms. The number of nitrogens with zero attached hydrogens (tertiary/aromatic N) is 1. The Bertz CT molecular complexity index is 920. The van der Waals surface area contributed by atoms with Gasteiger partial charge in [0.25, 0.3) is 11.1 Å². The predicted molar refractivity (Wildman–Crippen MR) is 104 cm³/mol. The van der Waals surface area contributed by atoms with Crippen LogP contribution in [0.2, 0.25) is 0 Å². The summed E-state index contributed by atoms with van der Waals surface area (Å²) in [4.78, 5) is 37.2. The molecule has 1 aliphatic heterocycles. The van der Waals surface area contributed by atoms with Gasteiger partial charge in [0.2, 0.25) is 0 Å². The van der Waals surface area contributed by atoms with E-state index in [0.717, 1.165) is 23.7 Å². The SMILES string of the molecule is CCc1ccccc1N1C(=O)S/C(=C/c2ccc(OCC(=O)O)cc2)C1=O. The normalized spacial score (nSPS) is 15.4. The summed E-state index contributed by atoms with van der Waals surface area (Å²) < 4.78 is 5.08. The number of carboxylic acid groups (broad SMARTS) is 1. The van der Waals surface area contributed by atoms with Crippen LogP contribution in [-0.2, 0) is 16.0 Å². The Labute approximate surface area is 160 Å². The summed E-state index contributed by atoms with van der Waals surface area (Å²) in [5.74, 6) is -0.989. The zero-order valence-electron chi connectivity index (χ0n) is 14.5. The number of para-hydroxylation sites is 1. The lowest BCUT2D eigenvalue weighted by atomic mass is 10.1. The molecule has 0 saturated carbocycles. The van der Waals surface area contributed by atoms with Crippen LogP contribution in [0.4, 0.5) is 10.5 Å². The zero-order valence-corrected chi connectivity index (χ0v) is 15.4. The summed E-state index contributed by atoms with van der Waals surface area (Å²) in [6, 6.07) is 14.0. The molecule has 3 rings (SSSR count). The summed E-state index contributed by atoms with van der Waals surface area (Å²) in [5, 5.41) is 8.29. The van der Waals surface area contributed by atoms with Crippen LogP contribution in [0.5, 0.6) is 5.75 Å². The lowest BCUT2D eigenvalue weighted by Gasteiger charge is -2.16. The maximum atomic E-state index is 12.8. The lowest BCUT2D eigenvalue weighted by molar-refractivity contribution is -0.139. The second-order valence-electron chi connectivity index (χ2n) is 5.75. The van der Waals surface area contributed by atoms with Crippen molar-refractivity contribution in [2.24, 2.45) is 0 Å². The third kappa shape index (κ3) is 4.20. The van der Waals surface area contributed by atoms with E-state index < -0.39 is 12.6 Å². The highest BCUT2D eigenvalue weighted by molar-refractivity contribution is 8.19. The van der Waals surface area contributed by atoms with Crippen molar-refractivity contribution in [1.29, 1.82) is 0 Å². The molecule has 1 N–H and O–H groups in total. The van der Waals surface area contributed by atoms with Crippen molar-refractivity contribution in [2.75, 3.05) is 11.5 Å². The topological polar surface area (TPSA) is 83.9 Å². The fourth-order valence-corrected chi connectivity index (χ4v) is 3.49. The molecule has 27 heavy (non-hydrogen) atoms. The second-order valence-corrected chi connectivity index (χ2v) is 6.74. The van der Waals surface area contributed by atoms with Gasteiger partial charge in [0.05, 0.1) is 10.6 Å². The Morgan fingerprint density at radius 2 is 1.85 bits per heavy atom. The quantitative estimate of drug-likeness (QED) is 0.761. The monoisotopic (exact) mass is 383 g/mol. The van der Waals surface area contributed by atoms with Gasteiger partial charge in [-0.25, -0.2) is 9.69 Å². The van der Waals surface area contributed by atoms with Gasteiger partial charge in [-0.2, -0.15) is 0 Å². The van der Waals surface area contributed by atoms with Gasteiger partial charge in [0, 0.05) is 0 Å². The minimum Gasteiger partial charge on any atom is -0.482 e. The highest BCUT2D eigenvalue weighted by Crippen LogP contribution is 2.37. The average Bonchev–Trinajstić information content (AvgIpc) is 2.94. The van der Waals surface area contributed by atoms with Crippen LogP contribution in [0.3, 0.4) is 0 Å². The van der Waals surface area contributed by atoms with Gasteiger partial charge >= 0.3 is 5.97 Å². The van der Waals surface area contributed by atoms with Crippen molar-refractivity contribution in [3.8, 4) is 5.75 Å². The Balaban J connectivity index is 1.81. The molecule has 0 aliphatic carbocycles. The van der Waals surface area contributed by atoms with E-state index in [4.69, 9.17) is 9.84 Å². The van der Waals surface area contributed by atoms with Crippen molar-refractivity contribution in [3.63, 3.8) is 0 Å². The first-order chi connectivity index (χ1) is 13.0. The molecule has 0 atom stereocenters. The molecular formula is C20H17NO5S. The van der Waals surface area contributed by atoms with E-state index in [1.54, 1.807) is 42.5 Å². The van der Waals surface area contributed by atoms with Crippen molar-refractivity contribution < 1.29 is 24.2 Å². The average molecular weight is 383 g/mol. The molecule has 1 heterocycles. The molecule has 1 saturated heterocycles. The van der Waals surface area contributed by atoms with Crippen LogP contribution >= 0.6 is 11.8 Å². The molecule has 1 aliphatic rings. The van der Waals surface area contributed by atoms with Gasteiger partial charge in [-0.15, -0.1) is 0 Å². The van der Waals surface area contributed by atoms with Crippen molar-refractivity contribution in [1.82, 2.24) is 0 Å². The molecule has 0 radical (unpaired) electrons. The number of imide groups is 1. The van der Waals surface area contributed by atoms with Crippen LogP contribution < -0.4 is 9.64 Å². The number of amides is 2. The highest BCUT2D eigenvalue weighted by Gasteiger charge is 2.37. The van der Waals surface area contributed by atoms with E-state index in [9.17, 15) is 14.4 Å². The second kappa shape index (κ2) is 8.09. The molecule has 0 unspecified atom stereocenters. The van der Waals surface area contributed by atoms with E-state index in [-0.39, 0.29) is 11.1 Å². The minimum atomic E-state index is -1.06. The number of rotatable bonds is 6. The number of hydrogen-bond acceptors (Lipinski definition) is 5. The molecule has 0 spiro atoms. The Morgan fingerprint density at radius 1 is 1.15 bits per heavy atom.